The van der Waals surface area contributed by atoms with E-state index in [1.165, 1.54) is 23.8 Å². The lowest BCUT2D eigenvalue weighted by atomic mass is 10.2. The van der Waals surface area contributed by atoms with Crippen molar-refractivity contribution in [1.29, 1.82) is 0 Å². The van der Waals surface area contributed by atoms with Crippen LogP contribution in [-0.2, 0) is 16.1 Å². The molecule has 9 nitrogen and oxygen atoms in total. The van der Waals surface area contributed by atoms with Crippen LogP contribution >= 0.6 is 11.6 Å². The molecule has 0 saturated carbocycles. The average molecular weight is 456 g/mol. The van der Waals surface area contributed by atoms with Crippen LogP contribution in [0.1, 0.15) is 20.3 Å². The average Bonchev–Trinajstić information content (AvgIpc) is 2.68. The van der Waals surface area contributed by atoms with Gasteiger partial charge in [0.25, 0.3) is 5.56 Å². The normalized spacial score (nSPS) is 11.0. The summed E-state index contributed by atoms with van der Waals surface area (Å²) >= 11 is 5.72. The number of H-pyrrole nitrogens is 1. The maximum absolute atomic E-state index is 13.9. The maximum atomic E-state index is 13.9. The van der Waals surface area contributed by atoms with E-state index in [9.17, 15) is 18.8 Å². The van der Waals surface area contributed by atoms with Crippen LogP contribution in [0.2, 0.25) is 5.02 Å². The monoisotopic (exact) mass is 455 g/mol. The largest absolute Gasteiger partial charge is 0.383 e. The molecule has 0 unspecified atom stereocenters. The van der Waals surface area contributed by atoms with Gasteiger partial charge in [-0.05, 0) is 24.1 Å². The van der Waals surface area contributed by atoms with Crippen molar-refractivity contribution in [3.63, 3.8) is 0 Å². The first-order valence-electron chi connectivity index (χ1n) is 9.75. The van der Waals surface area contributed by atoms with Crippen molar-refractivity contribution in [2.75, 3.05) is 42.8 Å². The first-order chi connectivity index (χ1) is 14.6. The van der Waals surface area contributed by atoms with E-state index >= 15 is 0 Å². The predicted molar refractivity (Wildman–Crippen MR) is 119 cm³/mol. The topological polar surface area (TPSA) is 122 Å². The van der Waals surface area contributed by atoms with Crippen molar-refractivity contribution in [2.24, 2.45) is 5.92 Å². The Hall–Kier alpha value is -2.85. The zero-order valence-electron chi connectivity index (χ0n) is 17.7. The van der Waals surface area contributed by atoms with E-state index in [2.05, 4.69) is 10.3 Å². The number of carbonyl (C=O) groups excluding carboxylic acids is 1. The molecule has 0 aliphatic rings. The van der Waals surface area contributed by atoms with Gasteiger partial charge in [0.1, 0.15) is 17.3 Å². The van der Waals surface area contributed by atoms with E-state index in [0.29, 0.717) is 6.54 Å². The second kappa shape index (κ2) is 11.0. The number of anilines is 3. The molecule has 2 aromatic rings. The number of rotatable bonds is 10. The van der Waals surface area contributed by atoms with Crippen LogP contribution in [0.5, 0.6) is 0 Å². The molecule has 1 aromatic heterocycles. The number of hydrogen-bond acceptors (Lipinski definition) is 6. The molecule has 31 heavy (non-hydrogen) atoms. The van der Waals surface area contributed by atoms with Gasteiger partial charge in [0.15, 0.2) is 0 Å². The predicted octanol–water partition coefficient (Wildman–Crippen LogP) is 2.05. The van der Waals surface area contributed by atoms with E-state index in [0.717, 1.165) is 6.07 Å². The van der Waals surface area contributed by atoms with Crippen LogP contribution in [0, 0.1) is 11.7 Å². The Balaban J connectivity index is 2.25. The number of aromatic amines is 1. The molecular weight excluding hydrogens is 429 g/mol. The molecule has 0 spiro atoms. The fourth-order valence-corrected chi connectivity index (χ4v) is 3.17. The molecular formula is C20H27ClFN5O4. The van der Waals surface area contributed by atoms with Gasteiger partial charge in [-0.3, -0.25) is 19.1 Å². The van der Waals surface area contributed by atoms with Crippen LogP contribution in [-0.4, -0.2) is 42.3 Å². The van der Waals surface area contributed by atoms with Crippen molar-refractivity contribution >= 4 is 34.7 Å². The summed E-state index contributed by atoms with van der Waals surface area (Å²) < 4.78 is 20.3. The maximum Gasteiger partial charge on any atom is 0.330 e. The van der Waals surface area contributed by atoms with Gasteiger partial charge in [0.2, 0.25) is 5.91 Å². The Bertz CT molecular complexity index is 1040. The highest BCUT2D eigenvalue weighted by atomic mass is 35.5. The molecule has 170 valence electrons. The molecule has 2 rings (SSSR count). The number of hydrogen-bond donors (Lipinski definition) is 3. The Kier molecular flexibility index (Phi) is 8.64. The van der Waals surface area contributed by atoms with Crippen LogP contribution in [0.4, 0.5) is 21.6 Å². The second-order valence-electron chi connectivity index (χ2n) is 7.40. The Morgan fingerprint density at radius 2 is 2.06 bits per heavy atom. The van der Waals surface area contributed by atoms with E-state index in [-0.39, 0.29) is 54.3 Å². The van der Waals surface area contributed by atoms with Gasteiger partial charge in [-0.25, -0.2) is 9.18 Å². The summed E-state index contributed by atoms with van der Waals surface area (Å²) in [6.07, 6.45) is -0.0615. The third kappa shape index (κ3) is 6.56. The van der Waals surface area contributed by atoms with E-state index in [4.69, 9.17) is 22.1 Å². The Labute approximate surface area is 184 Å². The van der Waals surface area contributed by atoms with Crippen LogP contribution in [0.25, 0.3) is 0 Å². The molecule has 1 amide bonds. The number of nitrogens with two attached hydrogens (primary N) is 1. The number of nitrogen functional groups attached to an aromatic ring is 1. The number of methoxy groups -OCH3 is 1. The highest BCUT2D eigenvalue weighted by molar-refractivity contribution is 6.30. The van der Waals surface area contributed by atoms with Gasteiger partial charge >= 0.3 is 5.69 Å². The smallest absolute Gasteiger partial charge is 0.330 e. The standard InChI is InChI=1S/C20H27ClFN5O4/c1-12(2)11-27-18(23)17(19(29)25-20(27)30)26(8-9-31-3)7-6-16(28)24-15-5-4-13(21)10-14(15)22/h4-5,10,12H,6-9,11,23H2,1-3H3,(H,24,28)(H,25,29,30). The Morgan fingerprint density at radius 1 is 1.35 bits per heavy atom. The second-order valence-corrected chi connectivity index (χ2v) is 7.84. The number of nitrogens with zero attached hydrogens (tertiary/aromatic N) is 2. The number of benzene rings is 1. The van der Waals surface area contributed by atoms with Gasteiger partial charge in [-0.15, -0.1) is 0 Å². The molecule has 0 atom stereocenters. The minimum atomic E-state index is -0.654. The van der Waals surface area contributed by atoms with Gasteiger partial charge < -0.3 is 20.7 Å². The van der Waals surface area contributed by atoms with Crippen molar-refractivity contribution in [3.8, 4) is 0 Å². The van der Waals surface area contributed by atoms with Crippen LogP contribution < -0.4 is 27.2 Å². The molecule has 0 radical (unpaired) electrons. The molecule has 0 aliphatic heterocycles. The number of halogens is 2. The summed E-state index contributed by atoms with van der Waals surface area (Å²) in [5, 5.41) is 2.69. The fraction of sp³-hybridized carbons (Fsp3) is 0.450. The van der Waals surface area contributed by atoms with Crippen molar-refractivity contribution < 1.29 is 13.9 Å². The lowest BCUT2D eigenvalue weighted by molar-refractivity contribution is -0.116. The van der Waals surface area contributed by atoms with Crippen LogP contribution in [0.3, 0.4) is 0 Å². The minimum absolute atomic E-state index is 0.000635. The first kappa shape index (κ1) is 24.4. The Morgan fingerprint density at radius 3 is 2.68 bits per heavy atom. The van der Waals surface area contributed by atoms with Crippen molar-refractivity contribution in [1.82, 2.24) is 9.55 Å². The summed E-state index contributed by atoms with van der Waals surface area (Å²) in [6, 6.07) is 3.92. The molecule has 0 saturated heterocycles. The number of ether oxygens (including phenoxy) is 1. The lowest BCUT2D eigenvalue weighted by Crippen LogP contribution is -2.41. The SMILES string of the molecule is COCCN(CCC(=O)Nc1ccc(Cl)cc1F)c1c(N)n(CC(C)C)c(=O)[nH]c1=O. The van der Waals surface area contributed by atoms with Gasteiger partial charge in [0.05, 0.1) is 12.3 Å². The highest BCUT2D eigenvalue weighted by Gasteiger charge is 2.20. The molecule has 4 N–H and O–H groups in total. The number of carbonyl (C=O) groups is 1. The highest BCUT2D eigenvalue weighted by Crippen LogP contribution is 2.20. The number of amides is 1. The van der Waals surface area contributed by atoms with Crippen molar-refractivity contribution in [3.05, 3.63) is 49.9 Å². The molecule has 1 aromatic carbocycles. The minimum Gasteiger partial charge on any atom is -0.383 e. The zero-order chi connectivity index (χ0) is 23.1. The van der Waals surface area contributed by atoms with E-state index in [1.54, 1.807) is 4.90 Å². The molecule has 11 heteroatoms. The first-order valence-corrected chi connectivity index (χ1v) is 10.1. The molecule has 0 bridgehead atoms. The quantitative estimate of drug-likeness (QED) is 0.504. The molecule has 0 fully saturated rings. The summed E-state index contributed by atoms with van der Waals surface area (Å²) in [4.78, 5) is 40.9. The van der Waals surface area contributed by atoms with E-state index < -0.39 is 23.0 Å². The number of aromatic nitrogens is 2. The molecule has 0 aliphatic carbocycles. The van der Waals surface area contributed by atoms with Crippen molar-refractivity contribution in [2.45, 2.75) is 26.8 Å². The van der Waals surface area contributed by atoms with Crippen LogP contribution in [0.15, 0.2) is 27.8 Å². The molecule has 1 heterocycles. The lowest BCUT2D eigenvalue weighted by Gasteiger charge is -2.26. The fourth-order valence-electron chi connectivity index (χ4n) is 3.01. The third-order valence-corrected chi connectivity index (χ3v) is 4.69. The number of nitrogens with one attached hydrogen (secondary N) is 2. The zero-order valence-corrected chi connectivity index (χ0v) is 18.5. The third-order valence-electron chi connectivity index (χ3n) is 4.46. The van der Waals surface area contributed by atoms with Gasteiger partial charge in [0, 0.05) is 38.2 Å². The van der Waals surface area contributed by atoms with Gasteiger partial charge in [-0.1, -0.05) is 25.4 Å². The van der Waals surface area contributed by atoms with E-state index in [1.807, 2.05) is 13.8 Å². The summed E-state index contributed by atoms with van der Waals surface area (Å²) in [5.74, 6) is -0.985. The summed E-state index contributed by atoms with van der Waals surface area (Å²) in [5.41, 5.74) is 5.01. The summed E-state index contributed by atoms with van der Waals surface area (Å²) in [6.45, 7) is 4.77. The van der Waals surface area contributed by atoms with Gasteiger partial charge in [-0.2, -0.15) is 0 Å². The summed E-state index contributed by atoms with van der Waals surface area (Å²) in [7, 11) is 1.50.